The molecule has 2 unspecified atom stereocenters. The lowest BCUT2D eigenvalue weighted by Gasteiger charge is -2.17. The van der Waals surface area contributed by atoms with Crippen LogP contribution in [0.1, 0.15) is 13.8 Å². The van der Waals surface area contributed by atoms with Crippen LogP contribution in [-0.2, 0) is 14.3 Å². The van der Waals surface area contributed by atoms with Gasteiger partial charge in [0.2, 0.25) is 0 Å². The molecule has 84 valence electrons. The Morgan fingerprint density at radius 3 is 2.29 bits per heavy atom. The number of carbonyl (C=O) groups excluding carboxylic acids is 1. The molecule has 0 amide bonds. The number of hydrogen-bond donors (Lipinski definition) is 0. The summed E-state index contributed by atoms with van der Waals surface area (Å²) in [6.45, 7) is 1.88. The van der Waals surface area contributed by atoms with Crippen LogP contribution in [0.5, 0.6) is 0 Å². The van der Waals surface area contributed by atoms with E-state index in [1.807, 2.05) is 0 Å². The van der Waals surface area contributed by atoms with E-state index in [0.29, 0.717) is 6.92 Å². The van der Waals surface area contributed by atoms with Crippen LogP contribution in [-0.4, -0.2) is 31.2 Å². The van der Waals surface area contributed by atoms with Crippen LogP contribution < -0.4 is 0 Å². The molecule has 3 nitrogen and oxygen atoms in total. The Bertz CT molecular complexity index is 192. The molecular formula is C7H10F4O3. The Morgan fingerprint density at radius 1 is 1.43 bits per heavy atom. The van der Waals surface area contributed by atoms with Crippen LogP contribution in [0.4, 0.5) is 17.6 Å². The third-order valence-corrected chi connectivity index (χ3v) is 1.26. The fourth-order valence-corrected chi connectivity index (χ4v) is 0.520. The molecule has 0 N–H and O–H groups in total. The van der Waals surface area contributed by atoms with Crippen LogP contribution in [0.3, 0.4) is 0 Å². The van der Waals surface area contributed by atoms with Crippen molar-refractivity contribution in [3.8, 4) is 0 Å². The summed E-state index contributed by atoms with van der Waals surface area (Å²) in [5.41, 5.74) is 0. The molecule has 0 aliphatic heterocycles. The highest BCUT2D eigenvalue weighted by atomic mass is 19.4. The molecule has 0 rings (SSSR count). The maximum Gasteiger partial charge on any atom is 0.414 e. The lowest BCUT2D eigenvalue weighted by atomic mass is 10.4. The molecule has 0 fully saturated rings. The summed E-state index contributed by atoms with van der Waals surface area (Å²) >= 11 is 0. The summed E-state index contributed by atoms with van der Waals surface area (Å²) in [6, 6.07) is 0. The van der Waals surface area contributed by atoms with Gasteiger partial charge in [0, 0.05) is 0 Å². The first-order valence-electron chi connectivity index (χ1n) is 3.82. The van der Waals surface area contributed by atoms with E-state index in [2.05, 4.69) is 9.47 Å². The molecule has 0 aromatic carbocycles. The maximum atomic E-state index is 12.6. The summed E-state index contributed by atoms with van der Waals surface area (Å²) in [7, 11) is 0. The fourth-order valence-electron chi connectivity index (χ4n) is 0.520. The van der Waals surface area contributed by atoms with Gasteiger partial charge in [-0.3, -0.25) is 0 Å². The van der Waals surface area contributed by atoms with Crippen molar-refractivity contribution in [3.63, 3.8) is 0 Å². The van der Waals surface area contributed by atoms with Crippen LogP contribution >= 0.6 is 0 Å². The van der Waals surface area contributed by atoms with Gasteiger partial charge in [-0.05, 0) is 13.8 Å². The molecule has 0 radical (unpaired) electrons. The van der Waals surface area contributed by atoms with Crippen molar-refractivity contribution in [2.45, 2.75) is 32.5 Å². The van der Waals surface area contributed by atoms with Crippen molar-refractivity contribution < 1.29 is 31.8 Å². The molecule has 0 aliphatic rings. The minimum absolute atomic E-state index is 0.122. The van der Waals surface area contributed by atoms with Gasteiger partial charge in [-0.15, -0.1) is 0 Å². The van der Waals surface area contributed by atoms with Gasteiger partial charge in [0.05, 0.1) is 6.61 Å². The Labute approximate surface area is 78.0 Å². The van der Waals surface area contributed by atoms with Crippen molar-refractivity contribution in [1.82, 2.24) is 0 Å². The molecule has 0 aliphatic carbocycles. The highest BCUT2D eigenvalue weighted by molar-refractivity contribution is 5.72. The molecule has 0 bridgehead atoms. The quantitative estimate of drug-likeness (QED) is 0.533. The second kappa shape index (κ2) is 5.14. The van der Waals surface area contributed by atoms with Gasteiger partial charge in [0.15, 0.2) is 6.10 Å². The molecule has 2 atom stereocenters. The van der Waals surface area contributed by atoms with E-state index >= 15 is 0 Å². The van der Waals surface area contributed by atoms with Crippen molar-refractivity contribution in [2.24, 2.45) is 0 Å². The normalized spacial score (nSPS) is 16.1. The summed E-state index contributed by atoms with van der Waals surface area (Å²) in [5.74, 6) is -1.45. The smallest absolute Gasteiger partial charge is 0.414 e. The number of hydrogen-bond acceptors (Lipinski definition) is 3. The van der Waals surface area contributed by atoms with Crippen molar-refractivity contribution in [2.75, 3.05) is 6.61 Å². The summed E-state index contributed by atoms with van der Waals surface area (Å²) in [5, 5.41) is 0. The molecule has 7 heteroatoms. The van der Waals surface area contributed by atoms with Crippen LogP contribution in [0.25, 0.3) is 0 Å². The van der Waals surface area contributed by atoms with Crippen LogP contribution in [0.15, 0.2) is 0 Å². The number of alkyl halides is 4. The van der Waals surface area contributed by atoms with E-state index in [1.165, 1.54) is 6.92 Å². The fraction of sp³-hybridized carbons (Fsp3) is 0.857. The summed E-state index contributed by atoms with van der Waals surface area (Å²) < 4.78 is 55.9. The van der Waals surface area contributed by atoms with Gasteiger partial charge in [-0.25, -0.2) is 9.18 Å². The zero-order valence-electron chi connectivity index (χ0n) is 7.60. The molecule has 14 heavy (non-hydrogen) atoms. The molecule has 0 heterocycles. The highest BCUT2D eigenvalue weighted by Crippen LogP contribution is 2.23. The minimum atomic E-state index is -4.70. The zero-order valence-corrected chi connectivity index (χ0v) is 7.60. The van der Waals surface area contributed by atoms with E-state index in [-0.39, 0.29) is 6.61 Å². The van der Waals surface area contributed by atoms with Crippen LogP contribution in [0.2, 0.25) is 0 Å². The Balaban J connectivity index is 4.06. The standard InChI is InChI=1S/C7H10F4O3/c1-3-13-6(12)5(8)14-4(2)7(9,10)11/h4-5H,3H2,1-2H3. The second-order valence-electron chi connectivity index (χ2n) is 2.39. The van der Waals surface area contributed by atoms with E-state index < -0.39 is 24.6 Å². The summed E-state index contributed by atoms with van der Waals surface area (Å²) in [6.07, 6.45) is -9.75. The van der Waals surface area contributed by atoms with E-state index in [9.17, 15) is 22.4 Å². The number of halogens is 4. The van der Waals surface area contributed by atoms with Crippen LogP contribution in [0, 0.1) is 0 Å². The van der Waals surface area contributed by atoms with E-state index in [1.54, 1.807) is 0 Å². The third-order valence-electron chi connectivity index (χ3n) is 1.26. The molecule has 0 aromatic heterocycles. The number of ether oxygens (including phenoxy) is 2. The average molecular weight is 218 g/mol. The Morgan fingerprint density at radius 2 is 1.93 bits per heavy atom. The Kier molecular flexibility index (Phi) is 4.82. The second-order valence-corrected chi connectivity index (χ2v) is 2.39. The first kappa shape index (κ1) is 13.2. The topological polar surface area (TPSA) is 35.5 Å². The first-order valence-corrected chi connectivity index (χ1v) is 3.82. The van der Waals surface area contributed by atoms with Crippen molar-refractivity contribution in [1.29, 1.82) is 0 Å². The maximum absolute atomic E-state index is 12.6. The zero-order chi connectivity index (χ0) is 11.4. The number of carbonyl (C=O) groups is 1. The largest absolute Gasteiger partial charge is 0.462 e. The molecule has 0 spiro atoms. The van der Waals surface area contributed by atoms with Gasteiger partial charge in [-0.1, -0.05) is 0 Å². The minimum Gasteiger partial charge on any atom is -0.462 e. The molecule has 0 saturated carbocycles. The first-order chi connectivity index (χ1) is 6.29. The van der Waals surface area contributed by atoms with Crippen molar-refractivity contribution in [3.05, 3.63) is 0 Å². The average Bonchev–Trinajstić information content (AvgIpc) is 2.02. The predicted molar refractivity (Wildman–Crippen MR) is 38.1 cm³/mol. The summed E-state index contributed by atoms with van der Waals surface area (Å²) in [4.78, 5) is 10.5. The van der Waals surface area contributed by atoms with Gasteiger partial charge >= 0.3 is 12.1 Å². The van der Waals surface area contributed by atoms with Gasteiger partial charge in [0.1, 0.15) is 0 Å². The molecule has 0 saturated heterocycles. The van der Waals surface area contributed by atoms with E-state index in [0.717, 1.165) is 0 Å². The number of rotatable bonds is 4. The van der Waals surface area contributed by atoms with Gasteiger partial charge < -0.3 is 9.47 Å². The highest BCUT2D eigenvalue weighted by Gasteiger charge is 2.40. The number of esters is 1. The lowest BCUT2D eigenvalue weighted by molar-refractivity contribution is -0.245. The predicted octanol–water partition coefficient (Wildman–Crippen LogP) is 1.81. The SMILES string of the molecule is CCOC(=O)C(F)OC(C)C(F)(F)F. The van der Waals surface area contributed by atoms with Gasteiger partial charge in [0.25, 0.3) is 6.36 Å². The Hall–Kier alpha value is -0.850. The monoisotopic (exact) mass is 218 g/mol. The van der Waals surface area contributed by atoms with Crippen molar-refractivity contribution >= 4 is 5.97 Å². The lowest BCUT2D eigenvalue weighted by Crippen LogP contribution is -2.35. The third kappa shape index (κ3) is 4.40. The van der Waals surface area contributed by atoms with E-state index in [4.69, 9.17) is 0 Å². The van der Waals surface area contributed by atoms with Gasteiger partial charge in [-0.2, -0.15) is 13.2 Å². The molecular weight excluding hydrogens is 208 g/mol. The molecule has 0 aromatic rings.